The number of carbonyl (C=O) groups is 1. The summed E-state index contributed by atoms with van der Waals surface area (Å²) in [5.41, 5.74) is 0.639. The van der Waals surface area contributed by atoms with Crippen LogP contribution in [0.4, 0.5) is 0 Å². The lowest BCUT2D eigenvalue weighted by molar-refractivity contribution is 0.0702. The molecule has 1 fully saturated rings. The van der Waals surface area contributed by atoms with Gasteiger partial charge in [-0.3, -0.25) is 0 Å². The zero-order valence-electron chi connectivity index (χ0n) is 10.7. The Morgan fingerprint density at radius 2 is 1.94 bits per heavy atom. The van der Waals surface area contributed by atoms with E-state index in [9.17, 15) is 4.79 Å². The molecule has 2 N–H and O–H groups in total. The van der Waals surface area contributed by atoms with Gasteiger partial charge in [0.1, 0.15) is 4.88 Å². The first-order valence-electron chi connectivity index (χ1n) is 5.82. The van der Waals surface area contributed by atoms with Gasteiger partial charge >= 0.3 is 5.97 Å². The summed E-state index contributed by atoms with van der Waals surface area (Å²) < 4.78 is 0. The zero-order valence-corrected chi connectivity index (χ0v) is 11.5. The molecule has 1 aliphatic carbocycles. The molecule has 3 nitrogen and oxygen atoms in total. The lowest BCUT2D eigenvalue weighted by Gasteiger charge is -2.04. The normalized spacial score (nSPS) is 21.4. The molecule has 2 rings (SSSR count). The van der Waals surface area contributed by atoms with Gasteiger partial charge in [-0.05, 0) is 23.0 Å². The number of aromatic carboxylic acids is 1. The van der Waals surface area contributed by atoms with E-state index in [1.807, 2.05) is 6.07 Å². The highest BCUT2D eigenvalue weighted by molar-refractivity contribution is 7.13. The van der Waals surface area contributed by atoms with Gasteiger partial charge in [-0.15, -0.1) is 11.3 Å². The number of nitrogens with one attached hydrogen (secondary N) is 1. The molecule has 0 atom stereocenters. The highest BCUT2D eigenvalue weighted by Crippen LogP contribution is 2.62. The van der Waals surface area contributed by atoms with Crippen LogP contribution >= 0.6 is 11.3 Å². The molecule has 0 saturated heterocycles. The van der Waals surface area contributed by atoms with Crippen LogP contribution in [0.3, 0.4) is 0 Å². The monoisotopic (exact) mass is 253 g/mol. The van der Waals surface area contributed by atoms with Crippen molar-refractivity contribution in [2.24, 2.45) is 10.8 Å². The van der Waals surface area contributed by atoms with E-state index in [1.54, 1.807) is 6.07 Å². The molecule has 0 bridgehead atoms. The molecule has 1 heterocycles. The summed E-state index contributed by atoms with van der Waals surface area (Å²) >= 11 is 1.35. The summed E-state index contributed by atoms with van der Waals surface area (Å²) in [5, 5.41) is 12.4. The standard InChI is InChI=1S/C13H19NO2S/c1-12(2)11(13(12,3)4)14-7-8-5-6-9(17-8)10(15)16/h5-6,11,14H,7H2,1-4H3,(H,15,16). The largest absolute Gasteiger partial charge is 0.477 e. The Morgan fingerprint density at radius 3 is 2.35 bits per heavy atom. The van der Waals surface area contributed by atoms with Crippen LogP contribution in [-0.2, 0) is 6.54 Å². The molecule has 94 valence electrons. The third-order valence-corrected chi connectivity index (χ3v) is 5.45. The van der Waals surface area contributed by atoms with Crippen molar-refractivity contribution in [1.29, 1.82) is 0 Å². The molecule has 0 unspecified atom stereocenters. The zero-order chi connectivity index (χ0) is 12.8. The Labute approximate surface area is 106 Å². The fraction of sp³-hybridized carbons (Fsp3) is 0.615. The van der Waals surface area contributed by atoms with Gasteiger partial charge in [0.15, 0.2) is 0 Å². The van der Waals surface area contributed by atoms with Gasteiger partial charge in [-0.2, -0.15) is 0 Å². The van der Waals surface area contributed by atoms with Crippen LogP contribution in [0.25, 0.3) is 0 Å². The molecule has 0 radical (unpaired) electrons. The van der Waals surface area contributed by atoms with E-state index in [0.29, 0.717) is 21.7 Å². The summed E-state index contributed by atoms with van der Waals surface area (Å²) in [6.07, 6.45) is 0. The molecule has 1 saturated carbocycles. The van der Waals surface area contributed by atoms with Crippen LogP contribution in [0.2, 0.25) is 0 Å². The molecule has 1 aliphatic rings. The van der Waals surface area contributed by atoms with Crippen molar-refractivity contribution in [2.45, 2.75) is 40.3 Å². The van der Waals surface area contributed by atoms with Gasteiger partial charge in [0.05, 0.1) is 0 Å². The van der Waals surface area contributed by atoms with Crippen LogP contribution in [0, 0.1) is 10.8 Å². The predicted molar refractivity (Wildman–Crippen MR) is 69.5 cm³/mol. The van der Waals surface area contributed by atoms with Gasteiger partial charge in [0.25, 0.3) is 0 Å². The molecule has 1 aromatic rings. The minimum atomic E-state index is -0.840. The molecule has 1 aromatic heterocycles. The van der Waals surface area contributed by atoms with Gasteiger partial charge in [-0.25, -0.2) is 4.79 Å². The van der Waals surface area contributed by atoms with Crippen molar-refractivity contribution in [1.82, 2.24) is 5.32 Å². The second kappa shape index (κ2) is 3.82. The molecule has 0 spiro atoms. The molecule has 0 aromatic carbocycles. The van der Waals surface area contributed by atoms with E-state index in [1.165, 1.54) is 11.3 Å². The summed E-state index contributed by atoms with van der Waals surface area (Å²) in [7, 11) is 0. The fourth-order valence-electron chi connectivity index (χ4n) is 2.50. The lowest BCUT2D eigenvalue weighted by Crippen LogP contribution is -2.21. The molecule has 0 amide bonds. The topological polar surface area (TPSA) is 49.3 Å². The van der Waals surface area contributed by atoms with Crippen LogP contribution < -0.4 is 5.32 Å². The van der Waals surface area contributed by atoms with E-state index in [2.05, 4.69) is 33.0 Å². The third-order valence-electron chi connectivity index (χ3n) is 4.37. The van der Waals surface area contributed by atoms with Crippen molar-refractivity contribution < 1.29 is 9.90 Å². The SMILES string of the molecule is CC1(C)C(NCc2ccc(C(=O)O)s2)C1(C)C. The van der Waals surface area contributed by atoms with Gasteiger partial charge < -0.3 is 10.4 Å². The number of hydrogen-bond donors (Lipinski definition) is 2. The maximum absolute atomic E-state index is 10.8. The van der Waals surface area contributed by atoms with E-state index in [-0.39, 0.29) is 0 Å². The summed E-state index contributed by atoms with van der Waals surface area (Å²) in [6, 6.07) is 4.07. The second-order valence-electron chi connectivity index (χ2n) is 5.83. The Kier molecular flexibility index (Phi) is 2.83. The second-order valence-corrected chi connectivity index (χ2v) is 7.00. The summed E-state index contributed by atoms with van der Waals surface area (Å²) in [4.78, 5) is 12.3. The third kappa shape index (κ3) is 2.00. The van der Waals surface area contributed by atoms with E-state index < -0.39 is 5.97 Å². The number of carboxylic acid groups (broad SMARTS) is 1. The molecule has 0 aliphatic heterocycles. The number of hydrogen-bond acceptors (Lipinski definition) is 3. The van der Waals surface area contributed by atoms with E-state index >= 15 is 0 Å². The first-order chi connectivity index (χ1) is 7.76. The maximum atomic E-state index is 10.8. The lowest BCUT2D eigenvalue weighted by atomic mass is 10.0. The Hall–Kier alpha value is -0.870. The molecular weight excluding hydrogens is 234 g/mol. The van der Waals surface area contributed by atoms with Gasteiger partial charge in [-0.1, -0.05) is 27.7 Å². The Balaban J connectivity index is 1.93. The van der Waals surface area contributed by atoms with Crippen LogP contribution in [0.15, 0.2) is 12.1 Å². The van der Waals surface area contributed by atoms with E-state index in [4.69, 9.17) is 5.11 Å². The number of rotatable bonds is 4. The van der Waals surface area contributed by atoms with Crippen molar-refractivity contribution >= 4 is 17.3 Å². The molecule has 4 heteroatoms. The summed E-state index contributed by atoms with van der Waals surface area (Å²) in [6.45, 7) is 9.82. The Morgan fingerprint density at radius 1 is 1.35 bits per heavy atom. The van der Waals surface area contributed by atoms with Crippen molar-refractivity contribution in [3.05, 3.63) is 21.9 Å². The van der Waals surface area contributed by atoms with Crippen LogP contribution in [0.1, 0.15) is 42.2 Å². The molecular formula is C13H19NO2S. The minimum absolute atomic E-state index is 0.319. The van der Waals surface area contributed by atoms with Crippen LogP contribution in [-0.4, -0.2) is 17.1 Å². The first kappa shape index (κ1) is 12.6. The first-order valence-corrected chi connectivity index (χ1v) is 6.64. The van der Waals surface area contributed by atoms with Gasteiger partial charge in [0.2, 0.25) is 0 Å². The summed E-state index contributed by atoms with van der Waals surface area (Å²) in [5.74, 6) is -0.840. The predicted octanol–water partition coefficient (Wildman–Crippen LogP) is 2.97. The number of carboxylic acids is 1. The maximum Gasteiger partial charge on any atom is 0.345 e. The Bertz CT molecular complexity index is 434. The van der Waals surface area contributed by atoms with Crippen LogP contribution in [0.5, 0.6) is 0 Å². The average molecular weight is 253 g/mol. The van der Waals surface area contributed by atoms with Gasteiger partial charge in [0, 0.05) is 17.5 Å². The highest BCUT2D eigenvalue weighted by atomic mass is 32.1. The van der Waals surface area contributed by atoms with Crippen molar-refractivity contribution in [3.63, 3.8) is 0 Å². The molecule has 17 heavy (non-hydrogen) atoms. The fourth-order valence-corrected chi connectivity index (χ4v) is 3.29. The number of thiophene rings is 1. The van der Waals surface area contributed by atoms with Crippen molar-refractivity contribution in [2.75, 3.05) is 0 Å². The average Bonchev–Trinajstić information content (AvgIpc) is 2.58. The highest BCUT2D eigenvalue weighted by Gasteiger charge is 2.64. The minimum Gasteiger partial charge on any atom is -0.477 e. The van der Waals surface area contributed by atoms with E-state index in [0.717, 1.165) is 11.4 Å². The van der Waals surface area contributed by atoms with Crippen molar-refractivity contribution in [3.8, 4) is 0 Å². The quantitative estimate of drug-likeness (QED) is 0.867. The smallest absolute Gasteiger partial charge is 0.345 e.